The Kier molecular flexibility index (Phi) is 7.39. The quantitative estimate of drug-likeness (QED) is 0.745. The van der Waals surface area contributed by atoms with E-state index in [-0.39, 0.29) is 30.0 Å². The lowest BCUT2D eigenvalue weighted by Gasteiger charge is -2.28. The monoisotopic (exact) mass is 271 g/mol. The normalized spacial score (nSPS) is 25.3. The second-order valence-corrected chi connectivity index (χ2v) is 5.89. The molecule has 4 nitrogen and oxygen atoms in total. The van der Waals surface area contributed by atoms with Crippen LogP contribution in [0.3, 0.4) is 0 Å². The molecule has 2 N–H and O–H groups in total. The van der Waals surface area contributed by atoms with Crippen LogP contribution in [0.5, 0.6) is 0 Å². The molecule has 1 amide bonds. The van der Waals surface area contributed by atoms with Gasteiger partial charge in [-0.15, -0.1) is 0 Å². The van der Waals surface area contributed by atoms with Crippen LogP contribution >= 0.6 is 0 Å². The van der Waals surface area contributed by atoms with E-state index in [1.807, 2.05) is 13.8 Å². The van der Waals surface area contributed by atoms with Crippen molar-refractivity contribution in [2.75, 3.05) is 13.2 Å². The van der Waals surface area contributed by atoms with Gasteiger partial charge in [-0.05, 0) is 31.6 Å². The van der Waals surface area contributed by atoms with Crippen molar-refractivity contribution in [3.63, 3.8) is 0 Å². The Bertz CT molecular complexity index is 266. The summed E-state index contributed by atoms with van der Waals surface area (Å²) < 4.78 is 5.65. The highest BCUT2D eigenvalue weighted by molar-refractivity contribution is 5.78. The number of aliphatic hydroxyl groups is 1. The van der Waals surface area contributed by atoms with Crippen LogP contribution in [0, 0.1) is 11.8 Å². The van der Waals surface area contributed by atoms with Gasteiger partial charge in [-0.2, -0.15) is 0 Å². The van der Waals surface area contributed by atoms with Gasteiger partial charge in [0.2, 0.25) is 5.91 Å². The molecule has 0 aromatic heterocycles. The molecule has 1 aliphatic heterocycles. The van der Waals surface area contributed by atoms with Gasteiger partial charge in [-0.3, -0.25) is 4.79 Å². The highest BCUT2D eigenvalue weighted by atomic mass is 16.5. The topological polar surface area (TPSA) is 58.6 Å². The number of hydrogen-bond acceptors (Lipinski definition) is 3. The fraction of sp³-hybridized carbons (Fsp3) is 0.933. The van der Waals surface area contributed by atoms with E-state index in [2.05, 4.69) is 12.2 Å². The van der Waals surface area contributed by atoms with Crippen LogP contribution in [0.1, 0.15) is 52.9 Å². The lowest BCUT2D eigenvalue weighted by atomic mass is 9.92. The first-order chi connectivity index (χ1) is 9.04. The largest absolute Gasteiger partial charge is 0.393 e. The lowest BCUT2D eigenvalue weighted by molar-refractivity contribution is -0.130. The summed E-state index contributed by atoms with van der Waals surface area (Å²) in [5, 5.41) is 12.6. The summed E-state index contributed by atoms with van der Waals surface area (Å²) >= 11 is 0. The predicted octanol–water partition coefficient (Wildman–Crippen LogP) is 2.10. The van der Waals surface area contributed by atoms with Crippen molar-refractivity contribution in [3.8, 4) is 0 Å². The maximum Gasteiger partial charge on any atom is 0.223 e. The van der Waals surface area contributed by atoms with Crippen LogP contribution in [-0.2, 0) is 9.53 Å². The molecule has 1 fully saturated rings. The molecule has 0 aliphatic carbocycles. The Hall–Kier alpha value is -0.610. The van der Waals surface area contributed by atoms with Gasteiger partial charge in [0.1, 0.15) is 0 Å². The summed E-state index contributed by atoms with van der Waals surface area (Å²) in [7, 11) is 0. The average molecular weight is 271 g/mol. The minimum absolute atomic E-state index is 0.0847. The number of carbonyl (C=O) groups excluding carboxylic acids is 1. The lowest BCUT2D eigenvalue weighted by Crippen LogP contribution is -2.38. The van der Waals surface area contributed by atoms with Crippen molar-refractivity contribution in [3.05, 3.63) is 0 Å². The number of rotatable bonds is 7. The second kappa shape index (κ2) is 8.54. The minimum atomic E-state index is -0.331. The summed E-state index contributed by atoms with van der Waals surface area (Å²) in [4.78, 5) is 12.1. The highest BCUT2D eigenvalue weighted by Crippen LogP contribution is 2.23. The van der Waals surface area contributed by atoms with E-state index in [4.69, 9.17) is 4.74 Å². The Labute approximate surface area is 116 Å². The maximum absolute atomic E-state index is 12.1. The molecule has 1 saturated heterocycles. The molecule has 1 heterocycles. The highest BCUT2D eigenvalue weighted by Gasteiger charge is 2.27. The average Bonchev–Trinajstić information content (AvgIpc) is 2.39. The smallest absolute Gasteiger partial charge is 0.223 e. The zero-order valence-electron chi connectivity index (χ0n) is 12.5. The summed E-state index contributed by atoms with van der Waals surface area (Å²) in [5.41, 5.74) is 0. The van der Waals surface area contributed by atoms with Crippen molar-refractivity contribution >= 4 is 5.91 Å². The molecule has 0 aromatic carbocycles. The molecule has 0 aromatic rings. The molecule has 3 unspecified atom stereocenters. The Balaban J connectivity index is 2.25. The zero-order valence-corrected chi connectivity index (χ0v) is 12.5. The molecule has 0 bridgehead atoms. The number of nitrogens with one attached hydrogen (secondary N) is 1. The van der Waals surface area contributed by atoms with Gasteiger partial charge in [-0.1, -0.05) is 27.2 Å². The van der Waals surface area contributed by atoms with Gasteiger partial charge in [0.05, 0.1) is 12.2 Å². The minimum Gasteiger partial charge on any atom is -0.393 e. The van der Waals surface area contributed by atoms with E-state index in [0.29, 0.717) is 19.6 Å². The first kappa shape index (κ1) is 16.4. The standard InChI is InChI=1S/C15H29NO3/c1-4-5-13-10-12(7-9-19-13)15(18)16-8-6-14(17)11(2)3/h11-14,17H,4-10H2,1-3H3,(H,16,18). The molecule has 3 atom stereocenters. The summed E-state index contributed by atoms with van der Waals surface area (Å²) in [6.07, 6.45) is 4.34. The number of aliphatic hydroxyl groups excluding tert-OH is 1. The zero-order chi connectivity index (χ0) is 14.3. The maximum atomic E-state index is 12.1. The molecule has 0 spiro atoms. The third kappa shape index (κ3) is 5.91. The van der Waals surface area contributed by atoms with E-state index < -0.39 is 0 Å². The van der Waals surface area contributed by atoms with Gasteiger partial charge in [-0.25, -0.2) is 0 Å². The van der Waals surface area contributed by atoms with Gasteiger partial charge in [0.15, 0.2) is 0 Å². The second-order valence-electron chi connectivity index (χ2n) is 5.89. The summed E-state index contributed by atoms with van der Waals surface area (Å²) in [6, 6.07) is 0. The molecular formula is C15H29NO3. The Morgan fingerprint density at radius 1 is 1.47 bits per heavy atom. The van der Waals surface area contributed by atoms with Crippen LogP contribution in [0.4, 0.5) is 0 Å². The van der Waals surface area contributed by atoms with Crippen molar-refractivity contribution in [2.24, 2.45) is 11.8 Å². The number of ether oxygens (including phenoxy) is 1. The van der Waals surface area contributed by atoms with Gasteiger partial charge in [0.25, 0.3) is 0 Å². The summed E-state index contributed by atoms with van der Waals surface area (Å²) in [6.45, 7) is 7.37. The Morgan fingerprint density at radius 2 is 2.21 bits per heavy atom. The Morgan fingerprint density at radius 3 is 2.84 bits per heavy atom. The van der Waals surface area contributed by atoms with E-state index in [1.54, 1.807) is 0 Å². The molecule has 1 rings (SSSR count). The van der Waals surface area contributed by atoms with E-state index in [0.717, 1.165) is 25.7 Å². The number of hydrogen-bond donors (Lipinski definition) is 2. The summed E-state index contributed by atoms with van der Waals surface area (Å²) in [5.74, 6) is 0.454. The van der Waals surface area contributed by atoms with Crippen molar-refractivity contribution in [2.45, 2.75) is 65.1 Å². The number of amides is 1. The molecule has 1 aliphatic rings. The third-order valence-electron chi connectivity index (χ3n) is 3.86. The molecule has 0 saturated carbocycles. The molecule has 0 radical (unpaired) electrons. The molecule has 4 heteroatoms. The van der Waals surface area contributed by atoms with E-state index in [9.17, 15) is 9.90 Å². The van der Waals surface area contributed by atoms with Crippen LogP contribution < -0.4 is 5.32 Å². The van der Waals surface area contributed by atoms with E-state index in [1.165, 1.54) is 0 Å². The first-order valence-corrected chi connectivity index (χ1v) is 7.62. The van der Waals surface area contributed by atoms with Crippen LogP contribution in [0.2, 0.25) is 0 Å². The van der Waals surface area contributed by atoms with Crippen molar-refractivity contribution in [1.82, 2.24) is 5.32 Å². The third-order valence-corrected chi connectivity index (χ3v) is 3.86. The van der Waals surface area contributed by atoms with Crippen LogP contribution in [-0.4, -0.2) is 36.4 Å². The first-order valence-electron chi connectivity index (χ1n) is 7.62. The van der Waals surface area contributed by atoms with Gasteiger partial charge >= 0.3 is 0 Å². The molecular weight excluding hydrogens is 242 g/mol. The van der Waals surface area contributed by atoms with Crippen molar-refractivity contribution in [1.29, 1.82) is 0 Å². The fourth-order valence-electron chi connectivity index (χ4n) is 2.46. The van der Waals surface area contributed by atoms with Crippen LogP contribution in [0.15, 0.2) is 0 Å². The fourth-order valence-corrected chi connectivity index (χ4v) is 2.46. The van der Waals surface area contributed by atoms with E-state index >= 15 is 0 Å². The predicted molar refractivity (Wildman–Crippen MR) is 75.8 cm³/mol. The SMILES string of the molecule is CCCC1CC(C(=O)NCCC(O)C(C)C)CCO1. The van der Waals surface area contributed by atoms with Crippen molar-refractivity contribution < 1.29 is 14.6 Å². The molecule has 112 valence electrons. The van der Waals surface area contributed by atoms with Gasteiger partial charge < -0.3 is 15.2 Å². The van der Waals surface area contributed by atoms with Crippen LogP contribution in [0.25, 0.3) is 0 Å². The van der Waals surface area contributed by atoms with Gasteiger partial charge in [0, 0.05) is 19.1 Å². The number of carbonyl (C=O) groups is 1. The molecule has 19 heavy (non-hydrogen) atoms.